The smallest absolute Gasteiger partial charge is 0.363 e. The minimum absolute atomic E-state index is 0.198. The van der Waals surface area contributed by atoms with Crippen molar-refractivity contribution in [2.75, 3.05) is 26.9 Å². The zero-order chi connectivity index (χ0) is 27.0. The van der Waals surface area contributed by atoms with Gasteiger partial charge < -0.3 is 9.59 Å². The highest BCUT2D eigenvalue weighted by Crippen LogP contribution is 2.39. The second-order valence-corrected chi connectivity index (χ2v) is 13.7. The third kappa shape index (κ3) is 16.7. The molecule has 2 N–H and O–H groups in total. The molecule has 0 aliphatic carbocycles. The van der Waals surface area contributed by atoms with Gasteiger partial charge in [-0.3, -0.25) is 4.55 Å². The lowest BCUT2D eigenvalue weighted by Gasteiger charge is -2.44. The molecule has 0 radical (unpaired) electrons. The van der Waals surface area contributed by atoms with Crippen LogP contribution in [0.5, 0.6) is 0 Å². The van der Waals surface area contributed by atoms with Crippen molar-refractivity contribution in [2.24, 2.45) is 11.3 Å². The van der Waals surface area contributed by atoms with Gasteiger partial charge in [0.1, 0.15) is 0 Å². The first-order valence-corrected chi connectivity index (χ1v) is 15.8. The summed E-state index contributed by atoms with van der Waals surface area (Å²) in [6, 6.07) is -0.768. The lowest BCUT2D eigenvalue weighted by Crippen LogP contribution is -2.60. The molecule has 0 aromatic heterocycles. The van der Waals surface area contributed by atoms with Crippen molar-refractivity contribution in [2.45, 2.75) is 136 Å². The number of rotatable bonds is 23. The number of carboxylic acids is 1. The summed E-state index contributed by atoms with van der Waals surface area (Å²) in [4.78, 5) is 12.1. The number of carbonyl (C=O) groups is 1. The molecule has 6 nitrogen and oxygen atoms in total. The SMILES string of the molecule is CCCCCCCCCCCCCCCCCCC(CS(=O)(=O)O)C(C)(C)C(C(=O)O)[N+](C)(C)C. The third-order valence-electron chi connectivity index (χ3n) is 7.58. The number of carboxylic acid groups (broad SMARTS) is 1. The molecule has 0 aliphatic rings. The Morgan fingerprint density at radius 1 is 0.743 bits per heavy atom. The molecular weight excluding hydrogens is 462 g/mol. The van der Waals surface area contributed by atoms with Gasteiger partial charge in [0.25, 0.3) is 10.1 Å². The fraction of sp³-hybridized carbons (Fsp3) is 0.964. The van der Waals surface area contributed by atoms with Gasteiger partial charge in [0.05, 0.1) is 26.9 Å². The maximum Gasteiger partial charge on any atom is 0.363 e. The quantitative estimate of drug-likeness (QED) is 0.0836. The Balaban J connectivity index is 4.24. The van der Waals surface area contributed by atoms with Crippen LogP contribution in [0.15, 0.2) is 0 Å². The maximum atomic E-state index is 12.1. The van der Waals surface area contributed by atoms with Crippen LogP contribution in [-0.2, 0) is 14.9 Å². The zero-order valence-electron chi connectivity index (χ0n) is 23.9. The summed E-state index contributed by atoms with van der Waals surface area (Å²) >= 11 is 0. The van der Waals surface area contributed by atoms with E-state index in [1.807, 2.05) is 35.0 Å². The van der Waals surface area contributed by atoms with Gasteiger partial charge in [-0.05, 0) is 12.3 Å². The highest BCUT2D eigenvalue weighted by molar-refractivity contribution is 7.85. The molecule has 210 valence electrons. The fourth-order valence-electron chi connectivity index (χ4n) is 5.73. The van der Waals surface area contributed by atoms with Gasteiger partial charge >= 0.3 is 5.97 Å². The Morgan fingerprint density at radius 3 is 1.37 bits per heavy atom. The van der Waals surface area contributed by atoms with Crippen LogP contribution >= 0.6 is 0 Å². The Morgan fingerprint density at radius 2 is 1.09 bits per heavy atom. The molecule has 0 amide bonds. The van der Waals surface area contributed by atoms with Crippen molar-refractivity contribution >= 4 is 16.1 Å². The second kappa shape index (κ2) is 17.7. The van der Waals surface area contributed by atoms with Crippen molar-refractivity contribution in [3.8, 4) is 0 Å². The Bertz CT molecular complexity index is 655. The molecule has 0 aliphatic heterocycles. The standard InChI is InChI=1S/C28H57NO5S/c1-7-8-9-10-11-12-13-14-15-16-17-18-19-20-21-22-23-25(24-35(32,33)34)28(2,3)26(27(30)31)29(4,5)6/h25-26H,7-24H2,1-6H3,(H-,30,31,32,33,34)/p+1. The number of nitrogens with zero attached hydrogens (tertiary/aromatic N) is 1. The number of likely N-dealkylation sites (N-methyl/N-ethyl adjacent to an activating group) is 1. The van der Waals surface area contributed by atoms with E-state index in [-0.39, 0.29) is 10.2 Å². The minimum Gasteiger partial charge on any atom is -0.477 e. The molecule has 2 unspecified atom stereocenters. The van der Waals surface area contributed by atoms with E-state index >= 15 is 0 Å². The van der Waals surface area contributed by atoms with E-state index in [9.17, 15) is 22.9 Å². The van der Waals surface area contributed by atoms with Gasteiger partial charge in [-0.15, -0.1) is 0 Å². The predicted octanol–water partition coefficient (Wildman–Crippen LogP) is 7.33. The molecule has 0 aromatic carbocycles. The molecule has 0 aromatic rings. The minimum atomic E-state index is -4.18. The van der Waals surface area contributed by atoms with Crippen LogP contribution in [0.25, 0.3) is 0 Å². The summed E-state index contributed by atoms with van der Waals surface area (Å²) in [5, 5.41) is 9.88. The van der Waals surface area contributed by atoms with Crippen LogP contribution in [0.2, 0.25) is 0 Å². The molecule has 0 bridgehead atoms. The molecule has 2 atom stereocenters. The Kier molecular flexibility index (Phi) is 17.4. The van der Waals surface area contributed by atoms with E-state index in [4.69, 9.17) is 0 Å². The normalized spacial score (nSPS) is 14.7. The lowest BCUT2D eigenvalue weighted by atomic mass is 9.70. The first-order chi connectivity index (χ1) is 16.2. The summed E-state index contributed by atoms with van der Waals surface area (Å²) in [5.41, 5.74) is -0.782. The van der Waals surface area contributed by atoms with Crippen molar-refractivity contribution in [1.82, 2.24) is 0 Å². The molecule has 7 heteroatoms. The van der Waals surface area contributed by atoms with E-state index < -0.39 is 33.5 Å². The van der Waals surface area contributed by atoms with E-state index in [1.54, 1.807) is 0 Å². The van der Waals surface area contributed by atoms with Crippen molar-refractivity contribution < 1.29 is 27.4 Å². The average molecular weight is 521 g/mol. The molecule has 0 saturated heterocycles. The zero-order valence-corrected chi connectivity index (χ0v) is 24.7. The number of hydrogen-bond donors (Lipinski definition) is 2. The molecule has 0 fully saturated rings. The summed E-state index contributed by atoms with van der Waals surface area (Å²) < 4.78 is 33.1. The molecule has 0 rings (SSSR count). The lowest BCUT2D eigenvalue weighted by molar-refractivity contribution is -0.895. The van der Waals surface area contributed by atoms with E-state index in [1.165, 1.54) is 83.5 Å². The van der Waals surface area contributed by atoms with Gasteiger partial charge in [-0.2, -0.15) is 8.42 Å². The molecule has 0 saturated carbocycles. The molecule has 0 heterocycles. The molecular formula is C28H58NO5S+. The topological polar surface area (TPSA) is 91.7 Å². The number of aliphatic carboxylic acids is 1. The van der Waals surface area contributed by atoms with Gasteiger partial charge in [-0.25, -0.2) is 4.79 Å². The van der Waals surface area contributed by atoms with Crippen LogP contribution in [0.4, 0.5) is 0 Å². The van der Waals surface area contributed by atoms with Crippen LogP contribution < -0.4 is 0 Å². The molecule has 0 spiro atoms. The summed E-state index contributed by atoms with van der Waals surface area (Å²) in [7, 11) is 1.27. The van der Waals surface area contributed by atoms with Crippen LogP contribution in [-0.4, -0.2) is 61.5 Å². The second-order valence-electron chi connectivity index (χ2n) is 12.2. The number of hydrogen-bond acceptors (Lipinski definition) is 3. The van der Waals surface area contributed by atoms with Crippen LogP contribution in [0.3, 0.4) is 0 Å². The largest absolute Gasteiger partial charge is 0.477 e. The fourth-order valence-corrected chi connectivity index (χ4v) is 6.84. The monoisotopic (exact) mass is 520 g/mol. The summed E-state index contributed by atoms with van der Waals surface area (Å²) in [6.45, 7) is 5.92. The first-order valence-electron chi connectivity index (χ1n) is 14.2. The number of quaternary nitrogens is 1. The first kappa shape index (κ1) is 34.3. The molecule has 35 heavy (non-hydrogen) atoms. The number of unbranched alkanes of at least 4 members (excludes halogenated alkanes) is 15. The Labute approximate surface area is 217 Å². The van der Waals surface area contributed by atoms with E-state index in [2.05, 4.69) is 6.92 Å². The van der Waals surface area contributed by atoms with Crippen molar-refractivity contribution in [1.29, 1.82) is 0 Å². The highest BCUT2D eigenvalue weighted by Gasteiger charge is 2.50. The van der Waals surface area contributed by atoms with Crippen LogP contribution in [0.1, 0.15) is 130 Å². The van der Waals surface area contributed by atoms with Crippen molar-refractivity contribution in [3.05, 3.63) is 0 Å². The van der Waals surface area contributed by atoms with Gasteiger partial charge in [0.2, 0.25) is 0 Å². The van der Waals surface area contributed by atoms with Gasteiger partial charge in [0, 0.05) is 5.41 Å². The van der Waals surface area contributed by atoms with Gasteiger partial charge in [-0.1, -0.05) is 124 Å². The average Bonchev–Trinajstić information content (AvgIpc) is 2.70. The van der Waals surface area contributed by atoms with E-state index in [0.29, 0.717) is 6.42 Å². The summed E-state index contributed by atoms with van der Waals surface area (Å²) in [5.74, 6) is -1.74. The van der Waals surface area contributed by atoms with Gasteiger partial charge in [0.15, 0.2) is 6.04 Å². The summed E-state index contributed by atoms with van der Waals surface area (Å²) in [6.07, 6.45) is 21.0. The Hall–Kier alpha value is -0.660. The maximum absolute atomic E-state index is 12.1. The highest BCUT2D eigenvalue weighted by atomic mass is 32.2. The van der Waals surface area contributed by atoms with Crippen molar-refractivity contribution in [3.63, 3.8) is 0 Å². The van der Waals surface area contributed by atoms with E-state index in [0.717, 1.165) is 19.3 Å². The third-order valence-corrected chi connectivity index (χ3v) is 8.41. The predicted molar refractivity (Wildman–Crippen MR) is 147 cm³/mol. The van der Waals surface area contributed by atoms with Crippen LogP contribution in [0, 0.1) is 11.3 Å².